The van der Waals surface area contributed by atoms with E-state index in [1.54, 1.807) is 12.1 Å². The summed E-state index contributed by atoms with van der Waals surface area (Å²) in [7, 11) is 1.66. The summed E-state index contributed by atoms with van der Waals surface area (Å²) < 4.78 is 5.31. The molecule has 3 aromatic carbocycles. The molecule has 1 unspecified atom stereocenters. The van der Waals surface area contributed by atoms with Crippen molar-refractivity contribution in [2.75, 3.05) is 20.2 Å². The maximum atomic E-state index is 13.6. The zero-order chi connectivity index (χ0) is 23.7. The Bertz CT molecular complexity index is 1230. The van der Waals surface area contributed by atoms with Crippen molar-refractivity contribution in [3.8, 4) is 5.75 Å². The van der Waals surface area contributed by atoms with Crippen LogP contribution in [0.25, 0.3) is 0 Å². The van der Waals surface area contributed by atoms with Gasteiger partial charge in [0.15, 0.2) is 0 Å². The third-order valence-electron chi connectivity index (χ3n) is 6.94. The predicted molar refractivity (Wildman–Crippen MR) is 135 cm³/mol. The van der Waals surface area contributed by atoms with Crippen molar-refractivity contribution in [1.82, 2.24) is 9.91 Å². The van der Waals surface area contributed by atoms with Gasteiger partial charge in [0.1, 0.15) is 5.75 Å². The van der Waals surface area contributed by atoms with Crippen LogP contribution in [-0.2, 0) is 17.8 Å². The van der Waals surface area contributed by atoms with Crippen molar-refractivity contribution < 1.29 is 9.53 Å². The minimum Gasteiger partial charge on any atom is -0.497 e. The zero-order valence-electron chi connectivity index (χ0n) is 20.1. The van der Waals surface area contributed by atoms with Crippen molar-refractivity contribution >= 4 is 11.6 Å². The Morgan fingerprint density at radius 2 is 1.79 bits per heavy atom. The summed E-state index contributed by atoms with van der Waals surface area (Å²) in [6, 6.07) is 22.8. The second kappa shape index (κ2) is 9.43. The van der Waals surface area contributed by atoms with Gasteiger partial charge in [-0.15, -0.1) is 0 Å². The van der Waals surface area contributed by atoms with E-state index in [0.29, 0.717) is 13.0 Å². The standard InChI is InChI=1S/C29H31N3O2/c1-20-8-13-26(21(2)16-20)28-17-27(23-9-11-25(34-3)12-10-23)30-32(28)29(33)19-31-15-14-22-6-4-5-7-24(22)18-31/h4-13,16,28H,14-15,17-19H2,1-3H3. The summed E-state index contributed by atoms with van der Waals surface area (Å²) in [6.07, 6.45) is 1.68. The van der Waals surface area contributed by atoms with Gasteiger partial charge in [0.2, 0.25) is 0 Å². The highest BCUT2D eigenvalue weighted by Gasteiger charge is 2.34. The molecule has 0 aromatic heterocycles. The van der Waals surface area contributed by atoms with E-state index in [4.69, 9.17) is 9.84 Å². The lowest BCUT2D eigenvalue weighted by Gasteiger charge is -2.30. The van der Waals surface area contributed by atoms with Crippen molar-refractivity contribution in [3.05, 3.63) is 100 Å². The monoisotopic (exact) mass is 453 g/mol. The first-order chi connectivity index (χ1) is 16.5. The number of rotatable bonds is 5. The largest absolute Gasteiger partial charge is 0.497 e. The molecule has 2 aliphatic heterocycles. The van der Waals surface area contributed by atoms with E-state index in [1.165, 1.54) is 22.3 Å². The highest BCUT2D eigenvalue weighted by molar-refractivity contribution is 6.03. The molecule has 34 heavy (non-hydrogen) atoms. The normalized spacial score (nSPS) is 17.9. The van der Waals surface area contributed by atoms with E-state index in [9.17, 15) is 4.79 Å². The molecule has 0 radical (unpaired) electrons. The molecular formula is C29H31N3O2. The van der Waals surface area contributed by atoms with Gasteiger partial charge in [0.05, 0.1) is 25.4 Å². The number of carbonyl (C=O) groups excluding carboxylic acids is 1. The molecule has 0 spiro atoms. The molecule has 0 aliphatic carbocycles. The Kier molecular flexibility index (Phi) is 6.20. The molecule has 5 rings (SSSR count). The molecule has 3 aromatic rings. The number of aryl methyl sites for hydroxylation is 2. The fourth-order valence-corrected chi connectivity index (χ4v) is 5.09. The number of nitrogens with zero attached hydrogens (tertiary/aromatic N) is 3. The van der Waals surface area contributed by atoms with Gasteiger partial charge in [-0.25, -0.2) is 5.01 Å². The molecule has 0 N–H and O–H groups in total. The Labute approximate surface area is 201 Å². The van der Waals surface area contributed by atoms with Crippen LogP contribution in [0.4, 0.5) is 0 Å². The average molecular weight is 454 g/mol. The minimum atomic E-state index is -0.0951. The van der Waals surface area contributed by atoms with Gasteiger partial charge in [0.25, 0.3) is 5.91 Å². The molecule has 5 nitrogen and oxygen atoms in total. The lowest BCUT2D eigenvalue weighted by atomic mass is 9.94. The van der Waals surface area contributed by atoms with Gasteiger partial charge in [-0.2, -0.15) is 5.10 Å². The Morgan fingerprint density at radius 3 is 2.53 bits per heavy atom. The van der Waals surface area contributed by atoms with Gasteiger partial charge < -0.3 is 4.74 Å². The first kappa shape index (κ1) is 22.4. The molecule has 0 saturated carbocycles. The van der Waals surface area contributed by atoms with E-state index in [-0.39, 0.29) is 11.9 Å². The Morgan fingerprint density at radius 1 is 1.03 bits per heavy atom. The van der Waals surface area contributed by atoms with Gasteiger partial charge in [0, 0.05) is 19.5 Å². The fourth-order valence-electron chi connectivity index (χ4n) is 5.09. The van der Waals surface area contributed by atoms with Gasteiger partial charge >= 0.3 is 0 Å². The SMILES string of the molecule is COc1ccc(C2=NN(C(=O)CN3CCc4ccccc4C3)C(c3ccc(C)cc3C)C2)cc1. The zero-order valence-corrected chi connectivity index (χ0v) is 20.1. The quantitative estimate of drug-likeness (QED) is 0.543. The predicted octanol–water partition coefficient (Wildman–Crippen LogP) is 5.05. The van der Waals surface area contributed by atoms with Crippen LogP contribution >= 0.6 is 0 Å². The van der Waals surface area contributed by atoms with Crippen LogP contribution in [0.3, 0.4) is 0 Å². The summed E-state index contributed by atoms with van der Waals surface area (Å²) >= 11 is 0. The minimum absolute atomic E-state index is 0.0490. The van der Waals surface area contributed by atoms with Crippen LogP contribution < -0.4 is 4.74 Å². The average Bonchev–Trinajstić information content (AvgIpc) is 3.29. The van der Waals surface area contributed by atoms with Gasteiger partial charge in [-0.3, -0.25) is 9.69 Å². The molecule has 1 amide bonds. The highest BCUT2D eigenvalue weighted by atomic mass is 16.5. The molecular weight excluding hydrogens is 422 g/mol. The molecule has 174 valence electrons. The summed E-state index contributed by atoms with van der Waals surface area (Å²) in [5.41, 5.74) is 8.25. The second-order valence-corrected chi connectivity index (χ2v) is 9.32. The van der Waals surface area contributed by atoms with Crippen LogP contribution in [0.1, 0.15) is 45.8 Å². The Hall–Kier alpha value is -3.44. The number of amides is 1. The maximum Gasteiger partial charge on any atom is 0.257 e. The summed E-state index contributed by atoms with van der Waals surface area (Å²) in [5, 5.41) is 6.61. The number of ether oxygens (including phenoxy) is 1. The number of hydrogen-bond donors (Lipinski definition) is 0. The first-order valence-electron chi connectivity index (χ1n) is 11.9. The highest BCUT2D eigenvalue weighted by Crippen LogP contribution is 2.35. The topological polar surface area (TPSA) is 45.1 Å². The number of methoxy groups -OCH3 is 1. The third kappa shape index (κ3) is 4.48. The van der Waals surface area contributed by atoms with Gasteiger partial charge in [-0.1, -0.05) is 48.0 Å². The number of fused-ring (bicyclic) bond motifs is 1. The van der Waals surface area contributed by atoms with Crippen LogP contribution in [0.2, 0.25) is 0 Å². The number of hydrogen-bond acceptors (Lipinski definition) is 4. The maximum absolute atomic E-state index is 13.6. The number of benzene rings is 3. The van der Waals surface area contributed by atoms with E-state index < -0.39 is 0 Å². The van der Waals surface area contributed by atoms with E-state index in [1.807, 2.05) is 24.3 Å². The molecule has 0 fully saturated rings. The molecule has 0 saturated heterocycles. The van der Waals surface area contributed by atoms with E-state index in [0.717, 1.165) is 42.1 Å². The van der Waals surface area contributed by atoms with Crippen molar-refractivity contribution in [2.45, 2.75) is 39.3 Å². The number of carbonyl (C=O) groups is 1. The van der Waals surface area contributed by atoms with Crippen LogP contribution in [0.15, 0.2) is 71.8 Å². The van der Waals surface area contributed by atoms with E-state index in [2.05, 4.69) is 61.2 Å². The lowest BCUT2D eigenvalue weighted by Crippen LogP contribution is -2.40. The molecule has 1 atom stereocenters. The number of hydrazone groups is 1. The Balaban J connectivity index is 1.41. The third-order valence-corrected chi connectivity index (χ3v) is 6.94. The van der Waals surface area contributed by atoms with Crippen molar-refractivity contribution in [3.63, 3.8) is 0 Å². The van der Waals surface area contributed by atoms with E-state index >= 15 is 0 Å². The van der Waals surface area contributed by atoms with Crippen LogP contribution in [0.5, 0.6) is 5.75 Å². The smallest absolute Gasteiger partial charge is 0.257 e. The first-order valence-corrected chi connectivity index (χ1v) is 11.9. The fraction of sp³-hybridized carbons (Fsp3) is 0.310. The summed E-state index contributed by atoms with van der Waals surface area (Å²) in [4.78, 5) is 15.9. The lowest BCUT2D eigenvalue weighted by molar-refractivity contribution is -0.134. The van der Waals surface area contributed by atoms with Crippen molar-refractivity contribution in [2.24, 2.45) is 5.10 Å². The molecule has 5 heteroatoms. The van der Waals surface area contributed by atoms with Crippen LogP contribution in [0, 0.1) is 13.8 Å². The molecule has 2 aliphatic rings. The van der Waals surface area contributed by atoms with Gasteiger partial charge in [-0.05, 0) is 72.4 Å². The molecule has 0 bridgehead atoms. The second-order valence-electron chi connectivity index (χ2n) is 9.32. The van der Waals surface area contributed by atoms with Crippen molar-refractivity contribution in [1.29, 1.82) is 0 Å². The van der Waals surface area contributed by atoms with Crippen LogP contribution in [-0.4, -0.2) is 41.7 Å². The molecule has 2 heterocycles. The summed E-state index contributed by atoms with van der Waals surface area (Å²) in [6.45, 7) is 6.29. The summed E-state index contributed by atoms with van der Waals surface area (Å²) in [5.74, 6) is 0.861.